The first-order valence-electron chi connectivity index (χ1n) is 7.50. The predicted molar refractivity (Wildman–Crippen MR) is 99.2 cm³/mol. The van der Waals surface area contributed by atoms with Crippen LogP contribution in [0.25, 0.3) is 0 Å². The molecule has 5 nitrogen and oxygen atoms in total. The number of halogens is 2. The Kier molecular flexibility index (Phi) is 9.88. The normalized spacial score (nSPS) is 15.1. The van der Waals surface area contributed by atoms with Gasteiger partial charge in [-0.2, -0.15) is 4.99 Å². The Morgan fingerprint density at radius 2 is 2.17 bits per heavy atom. The highest BCUT2D eigenvalue weighted by atomic mass is 35.5. The monoisotopic (exact) mass is 361 g/mol. The number of unbranched alkanes of at least 4 members (excludes halogenated alkanes) is 1. The number of rotatable bonds is 4. The van der Waals surface area contributed by atoms with Crippen LogP contribution in [-0.2, 0) is 0 Å². The van der Waals surface area contributed by atoms with Crippen molar-refractivity contribution in [3.63, 3.8) is 0 Å². The smallest absolute Gasteiger partial charge is 0.347 e. The van der Waals surface area contributed by atoms with Gasteiger partial charge in [-0.25, -0.2) is 4.79 Å². The van der Waals surface area contributed by atoms with E-state index in [0.717, 1.165) is 55.9 Å². The van der Waals surface area contributed by atoms with Crippen LogP contribution in [0.5, 0.6) is 0 Å². The third kappa shape index (κ3) is 6.01. The van der Waals surface area contributed by atoms with Gasteiger partial charge >= 0.3 is 6.03 Å². The van der Waals surface area contributed by atoms with E-state index in [9.17, 15) is 4.79 Å². The molecule has 1 aliphatic rings. The van der Waals surface area contributed by atoms with Crippen molar-refractivity contribution in [2.24, 2.45) is 4.99 Å². The molecule has 1 fully saturated rings. The molecule has 0 bridgehead atoms. The van der Waals surface area contributed by atoms with Crippen molar-refractivity contribution in [2.75, 3.05) is 18.4 Å². The van der Waals surface area contributed by atoms with Crippen LogP contribution in [0.15, 0.2) is 23.2 Å². The van der Waals surface area contributed by atoms with Gasteiger partial charge < -0.3 is 15.7 Å². The third-order valence-corrected chi connectivity index (χ3v) is 4.12. The molecule has 1 heterocycles. The van der Waals surface area contributed by atoms with E-state index >= 15 is 0 Å². The van der Waals surface area contributed by atoms with Gasteiger partial charge in [-0.05, 0) is 37.5 Å². The van der Waals surface area contributed by atoms with E-state index in [4.69, 9.17) is 11.6 Å². The number of anilines is 1. The lowest BCUT2D eigenvalue weighted by Gasteiger charge is -2.18. The Morgan fingerprint density at radius 1 is 1.43 bits per heavy atom. The molecule has 3 N–H and O–H groups in total. The number of hydrogen-bond donors (Lipinski definition) is 1. The van der Waals surface area contributed by atoms with Crippen molar-refractivity contribution < 1.29 is 10.3 Å². The van der Waals surface area contributed by atoms with Crippen LogP contribution in [0, 0.1) is 6.92 Å². The molecule has 1 aliphatic heterocycles. The third-order valence-electron chi connectivity index (χ3n) is 3.71. The molecule has 23 heavy (non-hydrogen) atoms. The molecule has 1 saturated heterocycles. The largest absolute Gasteiger partial charge is 0.412 e. The molecule has 7 heteroatoms. The molecule has 2 rings (SSSR count). The second kappa shape index (κ2) is 10.5. The molecular formula is C16H25Cl2N3O2. The van der Waals surface area contributed by atoms with Crippen LogP contribution in [-0.4, -0.2) is 35.3 Å². The van der Waals surface area contributed by atoms with Gasteiger partial charge in [0.1, 0.15) is 5.84 Å². The number of nitrogens with zero attached hydrogens (tertiary/aromatic N) is 2. The Hall–Kier alpha value is -1.30. The Labute approximate surface area is 148 Å². The van der Waals surface area contributed by atoms with Crippen molar-refractivity contribution in [3.8, 4) is 0 Å². The highest BCUT2D eigenvalue weighted by Crippen LogP contribution is 2.23. The van der Waals surface area contributed by atoms with E-state index in [-0.39, 0.29) is 23.9 Å². The molecule has 0 radical (unpaired) electrons. The van der Waals surface area contributed by atoms with E-state index < -0.39 is 0 Å². The quantitative estimate of drug-likeness (QED) is 0.876. The van der Waals surface area contributed by atoms with Crippen molar-refractivity contribution in [1.29, 1.82) is 0 Å². The average molecular weight is 362 g/mol. The average Bonchev–Trinajstić information content (AvgIpc) is 2.88. The topological polar surface area (TPSA) is 76.2 Å². The van der Waals surface area contributed by atoms with Crippen LogP contribution >= 0.6 is 24.0 Å². The van der Waals surface area contributed by atoms with Gasteiger partial charge in [0.2, 0.25) is 0 Å². The number of carbonyl (C=O) groups excluding carboxylic acids is 1. The molecular weight excluding hydrogens is 337 g/mol. The minimum absolute atomic E-state index is 0. The number of carbonyl (C=O) groups is 1. The molecule has 1 aromatic carbocycles. The van der Waals surface area contributed by atoms with Crippen molar-refractivity contribution in [3.05, 3.63) is 28.8 Å². The molecule has 0 spiro atoms. The minimum Gasteiger partial charge on any atom is -0.412 e. The highest BCUT2D eigenvalue weighted by molar-refractivity contribution is 6.31. The number of nitrogens with one attached hydrogen (secondary N) is 1. The van der Waals surface area contributed by atoms with E-state index in [1.54, 1.807) is 0 Å². The number of benzene rings is 1. The Bertz CT molecular complexity index is 550. The van der Waals surface area contributed by atoms with Gasteiger partial charge in [0, 0.05) is 30.2 Å². The van der Waals surface area contributed by atoms with Crippen molar-refractivity contribution >= 4 is 41.6 Å². The SMILES string of the molecule is CCCCN1CCCC1=NC(=O)Nc1cccc(Cl)c1C.Cl.O. The lowest BCUT2D eigenvalue weighted by molar-refractivity contribution is 0.259. The fourth-order valence-corrected chi connectivity index (χ4v) is 2.61. The lowest BCUT2D eigenvalue weighted by Crippen LogP contribution is -2.27. The summed E-state index contributed by atoms with van der Waals surface area (Å²) in [4.78, 5) is 18.5. The fourth-order valence-electron chi connectivity index (χ4n) is 2.43. The second-order valence-electron chi connectivity index (χ2n) is 5.31. The first kappa shape index (κ1) is 21.7. The van der Waals surface area contributed by atoms with Gasteiger partial charge in [0.25, 0.3) is 0 Å². The first-order chi connectivity index (χ1) is 10.1. The number of likely N-dealkylation sites (tertiary alicyclic amines) is 1. The van der Waals surface area contributed by atoms with E-state index in [2.05, 4.69) is 22.1 Å². The molecule has 1 aromatic rings. The minimum atomic E-state index is -0.321. The summed E-state index contributed by atoms with van der Waals surface area (Å²) in [5.41, 5.74) is 1.58. The standard InChI is InChI=1S/C16H22ClN3O.ClH.H2O/c1-3-4-10-20-11-6-9-15(20)19-16(21)18-14-8-5-7-13(17)12(14)2;;/h5,7-8H,3-4,6,9-11H2,1-2H3,(H,18,21);1H;1H2. The first-order valence-corrected chi connectivity index (χ1v) is 7.88. The number of amides is 2. The van der Waals surface area contributed by atoms with Crippen LogP contribution in [0.1, 0.15) is 38.2 Å². The zero-order valence-corrected chi connectivity index (χ0v) is 15.1. The molecule has 0 unspecified atom stereocenters. The van der Waals surface area contributed by atoms with Crippen LogP contribution in [0.2, 0.25) is 5.02 Å². The number of hydrogen-bond acceptors (Lipinski definition) is 1. The number of amidine groups is 1. The summed E-state index contributed by atoms with van der Waals surface area (Å²) >= 11 is 6.05. The lowest BCUT2D eigenvalue weighted by atomic mass is 10.2. The van der Waals surface area contributed by atoms with Gasteiger partial charge in [0.05, 0.1) is 0 Å². The maximum Gasteiger partial charge on any atom is 0.347 e. The zero-order chi connectivity index (χ0) is 15.2. The Balaban J connectivity index is 0.00000242. The summed E-state index contributed by atoms with van der Waals surface area (Å²) in [7, 11) is 0. The molecule has 0 atom stereocenters. The predicted octanol–water partition coefficient (Wildman–Crippen LogP) is 4.07. The van der Waals surface area contributed by atoms with Gasteiger partial charge in [-0.3, -0.25) is 0 Å². The summed E-state index contributed by atoms with van der Waals surface area (Å²) in [5.74, 6) is 0.903. The van der Waals surface area contributed by atoms with Crippen molar-refractivity contribution in [2.45, 2.75) is 39.5 Å². The highest BCUT2D eigenvalue weighted by Gasteiger charge is 2.19. The molecule has 0 aliphatic carbocycles. The molecule has 2 amide bonds. The van der Waals surface area contributed by atoms with Gasteiger partial charge in [-0.15, -0.1) is 12.4 Å². The summed E-state index contributed by atoms with van der Waals surface area (Å²) in [6.07, 6.45) is 4.24. The van der Waals surface area contributed by atoms with E-state index in [1.807, 2.05) is 25.1 Å². The van der Waals surface area contributed by atoms with Crippen LogP contribution < -0.4 is 5.32 Å². The van der Waals surface area contributed by atoms with Crippen LogP contribution in [0.4, 0.5) is 10.5 Å². The summed E-state index contributed by atoms with van der Waals surface area (Å²) < 4.78 is 0. The fraction of sp³-hybridized carbons (Fsp3) is 0.500. The van der Waals surface area contributed by atoms with E-state index in [1.165, 1.54) is 0 Å². The molecule has 130 valence electrons. The van der Waals surface area contributed by atoms with Gasteiger partial charge in [-0.1, -0.05) is 31.0 Å². The molecule has 0 aromatic heterocycles. The maximum absolute atomic E-state index is 12.1. The second-order valence-corrected chi connectivity index (χ2v) is 5.72. The zero-order valence-electron chi connectivity index (χ0n) is 13.6. The van der Waals surface area contributed by atoms with Crippen LogP contribution in [0.3, 0.4) is 0 Å². The summed E-state index contributed by atoms with van der Waals surface area (Å²) in [5, 5.41) is 3.46. The van der Waals surface area contributed by atoms with E-state index in [0.29, 0.717) is 5.02 Å². The molecule has 0 saturated carbocycles. The van der Waals surface area contributed by atoms with Gasteiger partial charge in [0.15, 0.2) is 0 Å². The maximum atomic E-state index is 12.1. The number of aliphatic imine (C=N–C) groups is 1. The summed E-state index contributed by atoms with van der Waals surface area (Å²) in [6.45, 7) is 6.04. The Morgan fingerprint density at radius 3 is 2.87 bits per heavy atom. The number of urea groups is 1. The van der Waals surface area contributed by atoms with Crippen molar-refractivity contribution in [1.82, 2.24) is 4.90 Å². The summed E-state index contributed by atoms with van der Waals surface area (Å²) in [6, 6.07) is 5.14.